The Bertz CT molecular complexity index is 1690. The van der Waals surface area contributed by atoms with Gasteiger partial charge in [-0.25, -0.2) is 19.2 Å². The summed E-state index contributed by atoms with van der Waals surface area (Å²) >= 11 is 5.76. The van der Waals surface area contributed by atoms with Crippen molar-refractivity contribution in [3.8, 4) is 0 Å². The summed E-state index contributed by atoms with van der Waals surface area (Å²) < 4.78 is 19.9. The normalized spacial score (nSPS) is 11.2. The fraction of sp³-hybridized carbons (Fsp3) is 0.0870. The highest BCUT2D eigenvalue weighted by Gasteiger charge is 2.18. The number of hydrogen-bond donors (Lipinski definition) is 3. The number of hydrogen-bond acceptors (Lipinski definition) is 6. The molecule has 0 unspecified atom stereocenters. The van der Waals surface area contributed by atoms with E-state index in [1.54, 1.807) is 25.2 Å². The molecule has 0 saturated heterocycles. The van der Waals surface area contributed by atoms with Crippen LogP contribution in [0, 0.1) is 5.82 Å². The zero-order valence-corrected chi connectivity index (χ0v) is 18.8. The zero-order chi connectivity index (χ0) is 24.7. The van der Waals surface area contributed by atoms with Crippen LogP contribution in [0.4, 0.5) is 10.1 Å². The lowest BCUT2D eigenvalue weighted by Crippen LogP contribution is -2.24. The van der Waals surface area contributed by atoms with Crippen LogP contribution in [0.25, 0.3) is 22.1 Å². The van der Waals surface area contributed by atoms with Gasteiger partial charge in [0, 0.05) is 25.4 Å². The lowest BCUT2D eigenvalue weighted by atomic mass is 10.2. The number of H-pyrrole nitrogens is 1. The highest BCUT2D eigenvalue weighted by molar-refractivity contribution is 6.31. The van der Waals surface area contributed by atoms with E-state index in [0.29, 0.717) is 27.8 Å². The maximum atomic E-state index is 13.4. The van der Waals surface area contributed by atoms with Gasteiger partial charge < -0.3 is 20.0 Å². The molecule has 5 aromatic rings. The van der Waals surface area contributed by atoms with Crippen LogP contribution in [-0.4, -0.2) is 31.3 Å². The Hall–Kier alpha value is -4.51. The van der Waals surface area contributed by atoms with Crippen LogP contribution in [0.3, 0.4) is 0 Å². The summed E-state index contributed by atoms with van der Waals surface area (Å²) in [6.45, 7) is 0.176. The quantitative estimate of drug-likeness (QED) is 0.343. The number of carbonyl (C=O) groups is 2. The van der Waals surface area contributed by atoms with E-state index in [9.17, 15) is 18.8 Å². The van der Waals surface area contributed by atoms with E-state index in [4.69, 9.17) is 16.0 Å². The van der Waals surface area contributed by atoms with Crippen molar-refractivity contribution >= 4 is 51.2 Å². The molecule has 5 rings (SSSR count). The van der Waals surface area contributed by atoms with Gasteiger partial charge in [-0.3, -0.25) is 14.2 Å². The van der Waals surface area contributed by atoms with Crippen molar-refractivity contribution in [3.63, 3.8) is 0 Å². The first-order valence-electron chi connectivity index (χ1n) is 10.3. The molecule has 3 aromatic heterocycles. The number of fused-ring (bicyclic) bond motifs is 2. The van der Waals surface area contributed by atoms with Crippen molar-refractivity contribution in [2.24, 2.45) is 7.05 Å². The maximum absolute atomic E-state index is 13.4. The summed E-state index contributed by atoms with van der Waals surface area (Å²) in [7, 11) is 1.60. The molecule has 0 fully saturated rings. The van der Waals surface area contributed by atoms with Gasteiger partial charge in [-0.2, -0.15) is 0 Å². The van der Waals surface area contributed by atoms with Crippen molar-refractivity contribution in [2.45, 2.75) is 6.54 Å². The number of halogens is 2. The van der Waals surface area contributed by atoms with E-state index in [0.717, 1.165) is 11.6 Å². The number of aryl methyl sites for hydroxylation is 1. The van der Waals surface area contributed by atoms with Crippen molar-refractivity contribution in [2.75, 3.05) is 5.32 Å². The van der Waals surface area contributed by atoms with Gasteiger partial charge in [-0.05, 0) is 35.9 Å². The van der Waals surface area contributed by atoms with Gasteiger partial charge in [-0.1, -0.05) is 17.7 Å². The smallest absolute Gasteiger partial charge is 0.408 e. The molecule has 0 aliphatic heterocycles. The highest BCUT2D eigenvalue weighted by atomic mass is 35.5. The zero-order valence-electron chi connectivity index (χ0n) is 18.1. The molecule has 3 N–H and O–H groups in total. The number of oxazole rings is 1. The second-order valence-corrected chi connectivity index (χ2v) is 8.05. The van der Waals surface area contributed by atoms with E-state index < -0.39 is 23.4 Å². The molecular weight excluding hydrogens is 479 g/mol. The fourth-order valence-electron chi connectivity index (χ4n) is 3.59. The van der Waals surface area contributed by atoms with Gasteiger partial charge in [0.05, 0.1) is 21.7 Å². The molecule has 0 radical (unpaired) electrons. The minimum absolute atomic E-state index is 0.0807. The van der Waals surface area contributed by atoms with Crippen molar-refractivity contribution < 1.29 is 18.4 Å². The number of nitrogens with one attached hydrogen (secondary N) is 3. The van der Waals surface area contributed by atoms with Crippen LogP contribution in [0.15, 0.2) is 58.1 Å². The number of benzene rings is 2. The fourth-order valence-corrected chi connectivity index (χ4v) is 3.77. The van der Waals surface area contributed by atoms with Crippen LogP contribution < -0.4 is 16.4 Å². The Kier molecular flexibility index (Phi) is 5.53. The maximum Gasteiger partial charge on any atom is 0.419 e. The Morgan fingerprint density at radius 2 is 2.00 bits per heavy atom. The summed E-state index contributed by atoms with van der Waals surface area (Å²) in [6.07, 6.45) is 2.69. The second kappa shape index (κ2) is 8.69. The lowest BCUT2D eigenvalue weighted by molar-refractivity contribution is 0.0946. The molecule has 0 aliphatic carbocycles. The van der Waals surface area contributed by atoms with E-state index in [2.05, 4.69) is 25.6 Å². The Morgan fingerprint density at radius 1 is 1.17 bits per heavy atom. The molecule has 35 heavy (non-hydrogen) atoms. The molecule has 0 spiro atoms. The van der Waals surface area contributed by atoms with Gasteiger partial charge in [0.1, 0.15) is 17.7 Å². The number of aromatic amines is 1. The predicted octanol–water partition coefficient (Wildman–Crippen LogP) is 3.38. The SMILES string of the molecule is Cn1c(=O)oc2ccc(CNC(=O)c3ncnc4c(NC(=O)c5ccc(F)c(Cl)c5)c[nH]c34)cc21. The number of anilines is 1. The number of rotatable bonds is 5. The molecule has 0 atom stereocenters. The first kappa shape index (κ1) is 22.3. The average molecular weight is 495 g/mol. The Balaban J connectivity index is 1.35. The van der Waals surface area contributed by atoms with Gasteiger partial charge in [0.25, 0.3) is 11.8 Å². The third kappa shape index (κ3) is 4.13. The van der Waals surface area contributed by atoms with Crippen molar-refractivity contribution in [1.82, 2.24) is 24.8 Å². The van der Waals surface area contributed by atoms with E-state index in [-0.39, 0.29) is 22.8 Å². The first-order chi connectivity index (χ1) is 16.8. The standard InChI is InChI=1S/C23H16ClFN6O4/c1-31-16-6-11(2-5-17(16)35-23(31)34)8-27-22(33)20-19-18(28-10-29-20)15(9-26-19)30-21(32)12-3-4-14(25)13(24)7-12/h2-7,9-10,26H,8H2,1H3,(H,27,33)(H,30,32). The largest absolute Gasteiger partial charge is 0.419 e. The third-order valence-electron chi connectivity index (χ3n) is 5.42. The number of amides is 2. The van der Waals surface area contributed by atoms with Crippen LogP contribution in [0.2, 0.25) is 5.02 Å². The molecule has 0 saturated carbocycles. The molecule has 176 valence electrons. The minimum atomic E-state index is -0.632. The van der Waals surface area contributed by atoms with Crippen molar-refractivity contribution in [1.29, 1.82) is 0 Å². The van der Waals surface area contributed by atoms with Crippen molar-refractivity contribution in [3.05, 3.63) is 87.1 Å². The van der Waals surface area contributed by atoms with Crippen LogP contribution >= 0.6 is 11.6 Å². The minimum Gasteiger partial charge on any atom is -0.408 e. The number of aromatic nitrogens is 4. The van der Waals surface area contributed by atoms with E-state index >= 15 is 0 Å². The monoisotopic (exact) mass is 494 g/mol. The molecule has 3 heterocycles. The Labute approximate surface area is 200 Å². The van der Waals surface area contributed by atoms with Crippen LogP contribution in [0.5, 0.6) is 0 Å². The molecule has 10 nitrogen and oxygen atoms in total. The molecule has 2 amide bonds. The van der Waals surface area contributed by atoms with Gasteiger partial charge in [-0.15, -0.1) is 0 Å². The topological polar surface area (TPSA) is 135 Å². The summed E-state index contributed by atoms with van der Waals surface area (Å²) in [5.41, 5.74) is 3.01. The number of carbonyl (C=O) groups excluding carboxylic acids is 2. The van der Waals surface area contributed by atoms with Crippen LogP contribution in [-0.2, 0) is 13.6 Å². The van der Waals surface area contributed by atoms with E-state index in [1.807, 2.05) is 0 Å². The van der Waals surface area contributed by atoms with Gasteiger partial charge in [0.15, 0.2) is 11.3 Å². The highest BCUT2D eigenvalue weighted by Crippen LogP contribution is 2.24. The number of nitrogens with zero attached hydrogens (tertiary/aromatic N) is 3. The van der Waals surface area contributed by atoms with Gasteiger partial charge in [0.2, 0.25) is 0 Å². The lowest BCUT2D eigenvalue weighted by Gasteiger charge is -2.07. The van der Waals surface area contributed by atoms with Gasteiger partial charge >= 0.3 is 5.76 Å². The molecule has 0 aliphatic rings. The summed E-state index contributed by atoms with van der Waals surface area (Å²) in [5.74, 6) is -2.10. The average Bonchev–Trinajstić information content (AvgIpc) is 3.39. The summed E-state index contributed by atoms with van der Waals surface area (Å²) in [6, 6.07) is 8.77. The molecular formula is C23H16ClFN6O4. The summed E-state index contributed by atoms with van der Waals surface area (Å²) in [5, 5.41) is 5.27. The Morgan fingerprint density at radius 3 is 2.80 bits per heavy atom. The first-order valence-corrected chi connectivity index (χ1v) is 10.6. The second-order valence-electron chi connectivity index (χ2n) is 7.64. The molecule has 12 heteroatoms. The van der Waals surface area contributed by atoms with E-state index in [1.165, 1.54) is 29.2 Å². The third-order valence-corrected chi connectivity index (χ3v) is 5.71. The predicted molar refractivity (Wildman–Crippen MR) is 126 cm³/mol. The molecule has 2 aromatic carbocycles. The van der Waals surface area contributed by atoms with Crippen LogP contribution in [0.1, 0.15) is 26.4 Å². The summed E-state index contributed by atoms with van der Waals surface area (Å²) in [4.78, 5) is 48.2. The molecule has 0 bridgehead atoms.